The summed E-state index contributed by atoms with van der Waals surface area (Å²) in [5, 5.41) is 0. The van der Waals surface area contributed by atoms with Gasteiger partial charge >= 0.3 is 0 Å². The molecule has 5 unspecified atom stereocenters. The lowest BCUT2D eigenvalue weighted by Crippen LogP contribution is -2.18. The molecule has 2 aromatic rings. The Balaban J connectivity index is 1.47. The standard InChI is InChI=1S/C23H36P6S/c1-3-18-4-6-19(7-5-18)16-20-8-10-21(11-9-20)17-22-12-14-23(15-13-22)30(2)27-29(26)28(24)25/h4-7,12-15,20-21H,3,8-11,16-17,24-26H2,1-2H3. The van der Waals surface area contributed by atoms with Crippen LogP contribution in [0.25, 0.3) is 0 Å². The molecule has 7 heteroatoms. The van der Waals surface area contributed by atoms with E-state index in [-0.39, 0.29) is 14.0 Å². The van der Waals surface area contributed by atoms with Crippen LogP contribution in [0.3, 0.4) is 0 Å². The van der Waals surface area contributed by atoms with Gasteiger partial charge in [-0.25, -0.2) is 0 Å². The maximum Gasteiger partial charge on any atom is 0.00564 e. The van der Waals surface area contributed by atoms with E-state index in [2.05, 4.69) is 88.5 Å². The first-order chi connectivity index (χ1) is 14.4. The molecule has 5 atom stereocenters. The molecule has 0 nitrogen and oxygen atoms in total. The van der Waals surface area contributed by atoms with Crippen LogP contribution in [0.4, 0.5) is 0 Å². The van der Waals surface area contributed by atoms with E-state index in [0.29, 0.717) is 10.1 Å². The smallest absolute Gasteiger partial charge is 0.00564 e. The average Bonchev–Trinajstić information content (AvgIpc) is 2.76. The van der Waals surface area contributed by atoms with Crippen LogP contribution >= 0.6 is 47.8 Å². The number of hydrogen-bond donors (Lipinski definition) is 0. The van der Waals surface area contributed by atoms with Gasteiger partial charge in [0.05, 0.1) is 0 Å². The molecule has 1 fully saturated rings. The summed E-state index contributed by atoms with van der Waals surface area (Å²) in [5.74, 6) is 1.77. The van der Waals surface area contributed by atoms with Crippen molar-refractivity contribution in [1.82, 2.24) is 0 Å². The summed E-state index contributed by atoms with van der Waals surface area (Å²) >= 11 is 0. The Labute approximate surface area is 197 Å². The van der Waals surface area contributed by atoms with Crippen LogP contribution in [0.2, 0.25) is 0 Å². The maximum absolute atomic E-state index is 3.09. The zero-order chi connectivity index (χ0) is 21.5. The van der Waals surface area contributed by atoms with E-state index >= 15 is 0 Å². The summed E-state index contributed by atoms with van der Waals surface area (Å²) in [6, 6.07) is 19.0. The topological polar surface area (TPSA) is 0 Å². The fourth-order valence-electron chi connectivity index (χ4n) is 4.25. The third-order valence-electron chi connectivity index (χ3n) is 6.15. The molecule has 0 aromatic heterocycles. The molecule has 1 aliphatic carbocycles. The molecule has 0 heterocycles. The molecule has 3 rings (SSSR count). The number of aryl methyl sites for hydroxylation is 1. The van der Waals surface area contributed by atoms with E-state index in [0.717, 1.165) is 18.3 Å². The molecule has 1 aliphatic rings. The van der Waals surface area contributed by atoms with Crippen molar-refractivity contribution in [3.63, 3.8) is 0 Å². The van der Waals surface area contributed by atoms with E-state index in [1.165, 1.54) is 54.5 Å². The lowest BCUT2D eigenvalue weighted by molar-refractivity contribution is 0.272. The summed E-state index contributed by atoms with van der Waals surface area (Å²) in [5.41, 5.74) is 4.53. The van der Waals surface area contributed by atoms with Crippen LogP contribution in [-0.2, 0) is 29.3 Å². The van der Waals surface area contributed by atoms with Crippen molar-refractivity contribution in [3.05, 3.63) is 65.2 Å². The Hall–Kier alpha value is 1.24. The molecule has 0 bridgehead atoms. The Morgan fingerprint density at radius 2 is 1.23 bits per heavy atom. The summed E-state index contributed by atoms with van der Waals surface area (Å²) in [4.78, 5) is 1.53. The lowest BCUT2D eigenvalue weighted by Gasteiger charge is -2.28. The molecule has 0 radical (unpaired) electrons. The summed E-state index contributed by atoms with van der Waals surface area (Å²) in [6.45, 7) is 2.31. The second-order valence-corrected chi connectivity index (χ2v) is 31.8. The average molecular weight is 530 g/mol. The minimum atomic E-state index is 0.0303. The molecular formula is C23H36P6S. The molecule has 0 spiro atoms. The van der Waals surface area contributed by atoms with Gasteiger partial charge in [0.2, 0.25) is 0 Å². The second-order valence-electron chi connectivity index (χ2n) is 8.37. The highest BCUT2D eigenvalue weighted by Crippen LogP contribution is 2.89. The highest BCUT2D eigenvalue weighted by molar-refractivity contribution is 8.96. The van der Waals surface area contributed by atoms with Gasteiger partial charge in [0.25, 0.3) is 0 Å². The van der Waals surface area contributed by atoms with Gasteiger partial charge in [-0.1, -0.05) is 52.3 Å². The predicted octanol–water partition coefficient (Wildman–Crippen LogP) is 9.47. The second kappa shape index (κ2) is 13.2. The zero-order valence-corrected chi connectivity index (χ0v) is 25.2. The number of benzene rings is 2. The fraction of sp³-hybridized carbons (Fsp3) is 0.478. The Morgan fingerprint density at radius 3 is 1.67 bits per heavy atom. The highest BCUT2D eigenvalue weighted by Gasteiger charge is 2.21. The van der Waals surface area contributed by atoms with E-state index in [1.54, 1.807) is 12.6 Å². The minimum absolute atomic E-state index is 0.0303. The first-order valence-corrected chi connectivity index (χ1v) is 22.9. The van der Waals surface area contributed by atoms with Crippen molar-refractivity contribution in [3.8, 4) is 0 Å². The first kappa shape index (κ1) is 25.9. The third-order valence-corrected chi connectivity index (χ3v) is 36.5. The van der Waals surface area contributed by atoms with E-state index in [4.69, 9.17) is 0 Å². The van der Waals surface area contributed by atoms with Crippen LogP contribution in [0.1, 0.15) is 49.3 Å². The molecule has 2 aromatic carbocycles. The SMILES string of the molecule is CCc1ccc(CC2CCC(Cc3ccc(S(C)=PP(P)P(P)P)cc3)CC2)cc1. The largest absolute Gasteiger partial charge is 0.129 e. The van der Waals surface area contributed by atoms with E-state index in [1.807, 2.05) is 0 Å². The van der Waals surface area contributed by atoms with Gasteiger partial charge in [0.1, 0.15) is 0 Å². The highest BCUT2D eigenvalue weighted by atomic mass is 33.0. The summed E-state index contributed by atoms with van der Waals surface area (Å²) in [7, 11) is 11.0. The Morgan fingerprint density at radius 1 is 0.800 bits per heavy atom. The third kappa shape index (κ3) is 8.23. The zero-order valence-electron chi connectivity index (χ0n) is 18.2. The van der Waals surface area contributed by atoms with Crippen LogP contribution in [0.5, 0.6) is 0 Å². The van der Waals surface area contributed by atoms with Crippen LogP contribution in [0.15, 0.2) is 53.4 Å². The Bertz CT molecular complexity index is 811. The monoisotopic (exact) mass is 530 g/mol. The van der Waals surface area contributed by atoms with E-state index in [9.17, 15) is 0 Å². The van der Waals surface area contributed by atoms with Crippen molar-refractivity contribution in [2.75, 3.05) is 6.26 Å². The minimum Gasteiger partial charge on any atom is -0.129 e. The molecule has 0 saturated heterocycles. The number of rotatable bonds is 8. The lowest BCUT2D eigenvalue weighted by atomic mass is 9.77. The van der Waals surface area contributed by atoms with Crippen molar-refractivity contribution in [1.29, 1.82) is 0 Å². The number of hydrogen-bond acceptors (Lipinski definition) is 0. The van der Waals surface area contributed by atoms with Gasteiger partial charge in [-0.15, -0.1) is 27.9 Å². The van der Waals surface area contributed by atoms with Gasteiger partial charge in [-0.05, 0) is 106 Å². The van der Waals surface area contributed by atoms with Gasteiger partial charge < -0.3 is 0 Å². The first-order valence-electron chi connectivity index (χ1n) is 10.8. The van der Waals surface area contributed by atoms with Gasteiger partial charge in [0.15, 0.2) is 0 Å². The van der Waals surface area contributed by atoms with Crippen LogP contribution < -0.4 is 0 Å². The quantitative estimate of drug-likeness (QED) is 0.298. The van der Waals surface area contributed by atoms with Gasteiger partial charge in [-0.3, -0.25) is 0 Å². The summed E-state index contributed by atoms with van der Waals surface area (Å²) in [6.07, 6.45) is 11.7. The molecule has 1 saturated carbocycles. The fourth-order valence-corrected chi connectivity index (χ4v) is 26.6. The van der Waals surface area contributed by atoms with Crippen molar-refractivity contribution >= 4 is 57.9 Å². The molecule has 0 amide bonds. The molecule has 0 aliphatic heterocycles. The van der Waals surface area contributed by atoms with Crippen molar-refractivity contribution < 1.29 is 0 Å². The molecule has 0 N–H and O–H groups in total. The van der Waals surface area contributed by atoms with Crippen LogP contribution in [-0.4, -0.2) is 6.26 Å². The summed E-state index contributed by atoms with van der Waals surface area (Å²) < 4.78 is 0. The molecular weight excluding hydrogens is 494 g/mol. The normalized spacial score (nSPS) is 21.7. The van der Waals surface area contributed by atoms with Gasteiger partial charge in [-0.2, -0.15) is 0 Å². The molecule has 30 heavy (non-hydrogen) atoms. The van der Waals surface area contributed by atoms with Gasteiger partial charge in [0, 0.05) is 11.9 Å². The Kier molecular flexibility index (Phi) is 11.4. The van der Waals surface area contributed by atoms with Crippen LogP contribution in [0, 0.1) is 11.8 Å². The van der Waals surface area contributed by atoms with E-state index < -0.39 is 0 Å². The van der Waals surface area contributed by atoms with Crippen molar-refractivity contribution in [2.45, 2.75) is 56.8 Å². The predicted molar refractivity (Wildman–Crippen MR) is 157 cm³/mol. The maximum atomic E-state index is 3.09. The molecule has 164 valence electrons. The van der Waals surface area contributed by atoms with Crippen molar-refractivity contribution in [2.24, 2.45) is 11.8 Å².